The van der Waals surface area contributed by atoms with Crippen LogP contribution in [0.5, 0.6) is 0 Å². The molecule has 1 aliphatic heterocycles. The molecule has 0 aliphatic carbocycles. The number of nitrogens with two attached hydrogens (primary N) is 1. The van der Waals surface area contributed by atoms with Gasteiger partial charge in [0, 0.05) is 13.1 Å². The predicted molar refractivity (Wildman–Crippen MR) is 89.6 cm³/mol. The van der Waals surface area contributed by atoms with Crippen LogP contribution in [-0.4, -0.2) is 37.9 Å². The Hall–Kier alpha value is -1.35. The zero-order valence-electron chi connectivity index (χ0n) is 12.6. The van der Waals surface area contributed by atoms with E-state index in [1.165, 1.54) is 35.7 Å². The monoisotopic (exact) mass is 383 g/mol. The van der Waals surface area contributed by atoms with Crippen LogP contribution < -0.4 is 10.7 Å². The second-order valence-corrected chi connectivity index (χ2v) is 7.03. The highest BCUT2D eigenvalue weighted by Gasteiger charge is 2.19. The van der Waals surface area contributed by atoms with Crippen molar-refractivity contribution >= 4 is 33.6 Å². The van der Waals surface area contributed by atoms with E-state index in [0.717, 1.165) is 34.2 Å². The van der Waals surface area contributed by atoms with Crippen molar-refractivity contribution in [1.29, 1.82) is 0 Å². The second kappa shape index (κ2) is 6.41. The maximum Gasteiger partial charge on any atom is 0.226 e. The quantitative estimate of drug-likeness (QED) is 0.642. The molecule has 2 N–H and O–H groups in total. The maximum atomic E-state index is 5.92. The second-order valence-electron chi connectivity index (χ2n) is 5.28. The molecule has 0 radical (unpaired) electrons. The zero-order chi connectivity index (χ0) is 15.7. The smallest absolute Gasteiger partial charge is 0.226 e. The van der Waals surface area contributed by atoms with Gasteiger partial charge in [-0.25, -0.2) is 14.6 Å². The van der Waals surface area contributed by atoms with Gasteiger partial charge in [-0.05, 0) is 60.8 Å². The summed E-state index contributed by atoms with van der Waals surface area (Å²) in [6, 6.07) is 0. The number of anilines is 1. The summed E-state index contributed by atoms with van der Waals surface area (Å²) in [5.74, 6) is 7.37. The van der Waals surface area contributed by atoms with Crippen LogP contribution in [0.25, 0.3) is 0 Å². The normalized spacial score (nSPS) is 15.3. The lowest BCUT2D eigenvalue weighted by molar-refractivity contribution is 0.565. The fraction of sp³-hybridized carbons (Fsp3) is 0.538. The molecule has 1 aliphatic rings. The van der Waals surface area contributed by atoms with Gasteiger partial charge in [-0.3, -0.25) is 0 Å². The van der Waals surface area contributed by atoms with Crippen LogP contribution in [-0.2, 0) is 0 Å². The molecule has 7 nitrogen and oxygen atoms in total. The molecule has 1 fully saturated rings. The minimum atomic E-state index is 0.612. The molecular formula is C13H18BrN7S. The Bertz CT molecular complexity index is 681. The molecule has 22 heavy (non-hydrogen) atoms. The molecule has 0 aromatic carbocycles. The van der Waals surface area contributed by atoms with Gasteiger partial charge in [-0.2, -0.15) is 0 Å². The molecule has 0 unspecified atom stereocenters. The van der Waals surface area contributed by atoms with E-state index in [2.05, 4.69) is 36.0 Å². The number of nitrogens with zero attached hydrogens (tertiary/aromatic N) is 6. The summed E-state index contributed by atoms with van der Waals surface area (Å²) in [4.78, 5) is 11.5. The topological polar surface area (TPSA) is 85.8 Å². The van der Waals surface area contributed by atoms with E-state index >= 15 is 0 Å². The number of aromatic nitrogens is 5. The summed E-state index contributed by atoms with van der Waals surface area (Å²) in [7, 11) is 0. The van der Waals surface area contributed by atoms with Crippen molar-refractivity contribution < 1.29 is 0 Å². The van der Waals surface area contributed by atoms with E-state index in [1.807, 2.05) is 13.8 Å². The number of aryl methyl sites for hydroxylation is 2. The van der Waals surface area contributed by atoms with Gasteiger partial charge in [0.15, 0.2) is 0 Å². The molecule has 118 valence electrons. The fourth-order valence-corrected chi connectivity index (χ4v) is 3.60. The van der Waals surface area contributed by atoms with Gasteiger partial charge in [-0.15, -0.1) is 10.2 Å². The first-order valence-corrected chi connectivity index (χ1v) is 8.81. The van der Waals surface area contributed by atoms with Crippen LogP contribution in [0.2, 0.25) is 0 Å². The molecule has 0 atom stereocenters. The first-order valence-electron chi connectivity index (χ1n) is 7.20. The van der Waals surface area contributed by atoms with Gasteiger partial charge in [0.25, 0.3) is 0 Å². The van der Waals surface area contributed by atoms with Crippen molar-refractivity contribution in [2.45, 2.75) is 43.3 Å². The Morgan fingerprint density at radius 3 is 2.45 bits per heavy atom. The lowest BCUT2D eigenvalue weighted by Crippen LogP contribution is -2.31. The zero-order valence-corrected chi connectivity index (χ0v) is 15.0. The number of nitrogen functional groups attached to an aromatic ring is 1. The molecule has 0 spiro atoms. The molecule has 1 saturated heterocycles. The van der Waals surface area contributed by atoms with Crippen molar-refractivity contribution in [3.63, 3.8) is 0 Å². The van der Waals surface area contributed by atoms with E-state index in [9.17, 15) is 0 Å². The third-order valence-corrected chi connectivity index (χ3v) is 5.80. The first-order chi connectivity index (χ1) is 10.6. The summed E-state index contributed by atoms with van der Waals surface area (Å²) in [5, 5.41) is 9.48. The van der Waals surface area contributed by atoms with E-state index in [1.54, 1.807) is 0 Å². The van der Waals surface area contributed by atoms with Gasteiger partial charge in [-0.1, -0.05) is 0 Å². The van der Waals surface area contributed by atoms with Crippen LogP contribution in [0.4, 0.5) is 5.95 Å². The Balaban J connectivity index is 1.92. The Labute approximate surface area is 141 Å². The van der Waals surface area contributed by atoms with Crippen molar-refractivity contribution in [2.75, 3.05) is 23.8 Å². The van der Waals surface area contributed by atoms with Crippen LogP contribution >= 0.6 is 27.7 Å². The minimum Gasteiger partial charge on any atom is -0.341 e. The van der Waals surface area contributed by atoms with E-state index < -0.39 is 0 Å². The average Bonchev–Trinajstić information content (AvgIpc) is 2.84. The number of halogens is 1. The van der Waals surface area contributed by atoms with Crippen molar-refractivity contribution in [2.24, 2.45) is 0 Å². The summed E-state index contributed by atoms with van der Waals surface area (Å²) in [5.41, 5.74) is 0.915. The molecule has 0 saturated carbocycles. The highest BCUT2D eigenvalue weighted by Crippen LogP contribution is 2.33. The largest absolute Gasteiger partial charge is 0.341 e. The Kier molecular flexibility index (Phi) is 4.53. The number of hydrogen-bond donors (Lipinski definition) is 1. The number of piperidine rings is 1. The van der Waals surface area contributed by atoms with Gasteiger partial charge < -0.3 is 10.7 Å². The molecule has 0 amide bonds. The fourth-order valence-electron chi connectivity index (χ4n) is 2.33. The summed E-state index contributed by atoms with van der Waals surface area (Å²) >= 11 is 4.96. The number of hydrogen-bond acceptors (Lipinski definition) is 7. The molecule has 3 heterocycles. The van der Waals surface area contributed by atoms with Crippen molar-refractivity contribution in [3.8, 4) is 0 Å². The molecular weight excluding hydrogens is 366 g/mol. The lowest BCUT2D eigenvalue weighted by atomic mass is 10.1. The molecule has 9 heteroatoms. The average molecular weight is 384 g/mol. The lowest BCUT2D eigenvalue weighted by Gasteiger charge is -2.27. The molecule has 0 bridgehead atoms. The van der Waals surface area contributed by atoms with Gasteiger partial charge in [0.1, 0.15) is 10.9 Å². The van der Waals surface area contributed by atoms with Crippen LogP contribution in [0.3, 0.4) is 0 Å². The molecule has 2 aromatic heterocycles. The third-order valence-electron chi connectivity index (χ3n) is 3.64. The SMILES string of the molecule is Cc1nc(N2CCCCC2)nc(Sc2nnc(C)n2N)c1Br. The minimum absolute atomic E-state index is 0.612. The van der Waals surface area contributed by atoms with Crippen molar-refractivity contribution in [1.82, 2.24) is 24.8 Å². The van der Waals surface area contributed by atoms with E-state index in [-0.39, 0.29) is 0 Å². The molecule has 2 aromatic rings. The summed E-state index contributed by atoms with van der Waals surface area (Å²) in [6.45, 7) is 5.81. The van der Waals surface area contributed by atoms with Gasteiger partial charge in [0.2, 0.25) is 11.1 Å². The standard InChI is InChI=1S/C13H18BrN7S/c1-8-10(14)11(22-13-19-18-9(2)21(13)15)17-12(16-8)20-6-4-3-5-7-20/h3-7,15H2,1-2H3. The third kappa shape index (κ3) is 3.05. The Morgan fingerprint density at radius 2 is 1.82 bits per heavy atom. The first kappa shape index (κ1) is 15.5. The summed E-state index contributed by atoms with van der Waals surface area (Å²) in [6.07, 6.45) is 3.66. The predicted octanol–water partition coefficient (Wildman–Crippen LogP) is 2.30. The van der Waals surface area contributed by atoms with Crippen LogP contribution in [0.1, 0.15) is 30.8 Å². The van der Waals surface area contributed by atoms with Crippen molar-refractivity contribution in [3.05, 3.63) is 16.0 Å². The Morgan fingerprint density at radius 1 is 1.09 bits per heavy atom. The maximum absolute atomic E-state index is 5.92. The van der Waals surface area contributed by atoms with E-state index in [0.29, 0.717) is 11.0 Å². The highest BCUT2D eigenvalue weighted by molar-refractivity contribution is 9.10. The molecule has 3 rings (SSSR count). The van der Waals surface area contributed by atoms with Gasteiger partial charge >= 0.3 is 0 Å². The number of rotatable bonds is 3. The van der Waals surface area contributed by atoms with Crippen LogP contribution in [0.15, 0.2) is 14.7 Å². The van der Waals surface area contributed by atoms with E-state index in [4.69, 9.17) is 10.8 Å². The van der Waals surface area contributed by atoms with Gasteiger partial charge in [0.05, 0.1) is 10.2 Å². The van der Waals surface area contributed by atoms with Crippen LogP contribution in [0, 0.1) is 13.8 Å². The highest BCUT2D eigenvalue weighted by atomic mass is 79.9. The summed E-state index contributed by atoms with van der Waals surface area (Å²) < 4.78 is 2.34.